The number of nitrogens with one attached hydrogen (secondary N) is 1. The fraction of sp³-hybridized carbons (Fsp3) is 0.304. The van der Waals surface area contributed by atoms with Gasteiger partial charge in [0.05, 0.1) is 40.7 Å². The molecule has 0 amide bonds. The van der Waals surface area contributed by atoms with E-state index in [4.69, 9.17) is 9.84 Å². The highest BCUT2D eigenvalue weighted by molar-refractivity contribution is 5.84. The molecule has 2 N–H and O–H groups in total. The van der Waals surface area contributed by atoms with Crippen molar-refractivity contribution >= 4 is 27.8 Å². The number of carboxylic acids is 1. The minimum Gasteiger partial charge on any atom is -0.493 e. The molecule has 1 fully saturated rings. The van der Waals surface area contributed by atoms with Crippen molar-refractivity contribution < 1.29 is 27.8 Å². The summed E-state index contributed by atoms with van der Waals surface area (Å²) in [7, 11) is 0. The number of aromatic amines is 1. The van der Waals surface area contributed by atoms with E-state index in [0.29, 0.717) is 27.8 Å². The molecule has 176 valence electrons. The zero-order chi connectivity index (χ0) is 24.0. The molecule has 1 saturated carbocycles. The number of aliphatic carboxylic acids is 1. The van der Waals surface area contributed by atoms with Gasteiger partial charge in [0.1, 0.15) is 18.1 Å². The molecule has 0 bridgehead atoms. The summed E-state index contributed by atoms with van der Waals surface area (Å²) in [5.41, 5.74) is -0.564. The summed E-state index contributed by atoms with van der Waals surface area (Å²) >= 11 is 0. The van der Waals surface area contributed by atoms with E-state index in [0.717, 1.165) is 23.6 Å². The van der Waals surface area contributed by atoms with Gasteiger partial charge >= 0.3 is 12.1 Å². The molecule has 0 spiro atoms. The highest BCUT2D eigenvalue weighted by Crippen LogP contribution is 2.39. The summed E-state index contributed by atoms with van der Waals surface area (Å²) in [6, 6.07) is 8.87. The molecule has 11 heteroatoms. The Morgan fingerprint density at radius 1 is 1.21 bits per heavy atom. The van der Waals surface area contributed by atoms with E-state index < -0.39 is 29.8 Å². The highest BCUT2D eigenvalue weighted by atomic mass is 19.4. The first-order valence-corrected chi connectivity index (χ1v) is 10.6. The van der Waals surface area contributed by atoms with Crippen molar-refractivity contribution in [1.29, 1.82) is 0 Å². The van der Waals surface area contributed by atoms with E-state index in [9.17, 15) is 22.8 Å². The molecule has 8 nitrogen and oxygen atoms in total. The van der Waals surface area contributed by atoms with Crippen LogP contribution in [-0.4, -0.2) is 37.4 Å². The van der Waals surface area contributed by atoms with Gasteiger partial charge in [-0.1, -0.05) is 18.2 Å². The predicted octanol–water partition coefficient (Wildman–Crippen LogP) is 3.76. The number of rotatable bonds is 7. The maximum Gasteiger partial charge on any atom is 0.420 e. The molecule has 0 aliphatic heterocycles. The van der Waals surface area contributed by atoms with Gasteiger partial charge in [-0.3, -0.25) is 9.59 Å². The molecule has 4 aromatic rings. The molecule has 2 aromatic heterocycles. The van der Waals surface area contributed by atoms with Crippen LogP contribution >= 0.6 is 0 Å². The number of aromatic nitrogens is 4. The third-order valence-electron chi connectivity index (χ3n) is 5.67. The lowest BCUT2D eigenvalue weighted by Gasteiger charge is -2.13. The van der Waals surface area contributed by atoms with Crippen LogP contribution in [0.1, 0.15) is 29.9 Å². The summed E-state index contributed by atoms with van der Waals surface area (Å²) in [6.07, 6.45) is -2.65. The first kappa shape index (κ1) is 21.9. The topological polar surface area (TPSA) is 110 Å². The van der Waals surface area contributed by atoms with Crippen LogP contribution in [0.25, 0.3) is 21.8 Å². The van der Waals surface area contributed by atoms with Gasteiger partial charge in [-0.25, -0.2) is 9.67 Å². The SMILES string of the molecule is O=C(O)Cn1nc(Cc2nc3cc(OCC4CC4)c(C(F)(F)F)cc3[nH]2)c2ccccc2c1=O. The van der Waals surface area contributed by atoms with E-state index in [1.165, 1.54) is 6.07 Å². The zero-order valence-electron chi connectivity index (χ0n) is 17.7. The first-order valence-electron chi connectivity index (χ1n) is 10.6. The van der Waals surface area contributed by atoms with Crippen LogP contribution in [0.4, 0.5) is 13.2 Å². The fourth-order valence-electron chi connectivity index (χ4n) is 3.84. The Kier molecular flexibility index (Phi) is 5.26. The molecule has 0 saturated heterocycles. The molecule has 0 radical (unpaired) electrons. The number of alkyl halides is 3. The van der Waals surface area contributed by atoms with E-state index in [1.807, 2.05) is 0 Å². The Morgan fingerprint density at radius 2 is 1.94 bits per heavy atom. The van der Waals surface area contributed by atoms with Gasteiger partial charge in [0, 0.05) is 11.5 Å². The normalized spacial score (nSPS) is 14.1. The van der Waals surface area contributed by atoms with Gasteiger partial charge in [0.25, 0.3) is 5.56 Å². The number of imidazole rings is 1. The van der Waals surface area contributed by atoms with E-state index in [1.54, 1.807) is 24.3 Å². The summed E-state index contributed by atoms with van der Waals surface area (Å²) < 4.78 is 47.2. The molecule has 1 aliphatic rings. The summed E-state index contributed by atoms with van der Waals surface area (Å²) in [4.78, 5) is 31.0. The second-order valence-corrected chi connectivity index (χ2v) is 8.33. The molecule has 1 aliphatic carbocycles. The number of ether oxygens (including phenoxy) is 1. The Bertz CT molecular complexity index is 1470. The number of hydrogen-bond acceptors (Lipinski definition) is 5. The van der Waals surface area contributed by atoms with Crippen molar-refractivity contribution in [3.8, 4) is 5.75 Å². The quantitative estimate of drug-likeness (QED) is 0.424. The predicted molar refractivity (Wildman–Crippen MR) is 116 cm³/mol. The van der Waals surface area contributed by atoms with Crippen LogP contribution in [0.15, 0.2) is 41.2 Å². The number of benzene rings is 2. The second-order valence-electron chi connectivity index (χ2n) is 8.33. The van der Waals surface area contributed by atoms with Crippen molar-refractivity contribution in [3.05, 3.63) is 63.8 Å². The molecule has 34 heavy (non-hydrogen) atoms. The van der Waals surface area contributed by atoms with Gasteiger partial charge in [-0.2, -0.15) is 18.3 Å². The Labute approximate surface area is 190 Å². The third kappa shape index (κ3) is 4.33. The monoisotopic (exact) mass is 472 g/mol. The van der Waals surface area contributed by atoms with Gasteiger partial charge in [0.2, 0.25) is 0 Å². The largest absolute Gasteiger partial charge is 0.493 e. The molecule has 2 aromatic carbocycles. The molecular formula is C23H19F3N4O4. The number of carbonyl (C=O) groups is 1. The number of fused-ring (bicyclic) bond motifs is 2. The Morgan fingerprint density at radius 3 is 2.62 bits per heavy atom. The van der Waals surface area contributed by atoms with Gasteiger partial charge in [-0.05, 0) is 30.9 Å². The summed E-state index contributed by atoms with van der Waals surface area (Å²) in [6.45, 7) is -0.389. The third-order valence-corrected chi connectivity index (χ3v) is 5.67. The maximum atomic E-state index is 13.6. The zero-order valence-corrected chi connectivity index (χ0v) is 17.7. The van der Waals surface area contributed by atoms with Crippen LogP contribution in [0.2, 0.25) is 0 Å². The van der Waals surface area contributed by atoms with E-state index in [2.05, 4.69) is 15.1 Å². The summed E-state index contributed by atoms with van der Waals surface area (Å²) in [5.74, 6) is -0.880. The average Bonchev–Trinajstić information content (AvgIpc) is 3.52. The average molecular weight is 472 g/mol. The van der Waals surface area contributed by atoms with Crippen molar-refractivity contribution in [1.82, 2.24) is 19.7 Å². The van der Waals surface area contributed by atoms with Crippen molar-refractivity contribution in [2.45, 2.75) is 32.0 Å². The minimum atomic E-state index is -4.59. The minimum absolute atomic E-state index is 0.0503. The number of hydrogen-bond donors (Lipinski definition) is 2. The van der Waals surface area contributed by atoms with Crippen LogP contribution < -0.4 is 10.3 Å². The number of H-pyrrole nitrogens is 1. The van der Waals surface area contributed by atoms with Crippen molar-refractivity contribution in [2.75, 3.05) is 6.61 Å². The lowest BCUT2D eigenvalue weighted by molar-refractivity contribution is -0.139. The van der Waals surface area contributed by atoms with E-state index in [-0.39, 0.29) is 30.2 Å². The van der Waals surface area contributed by atoms with Gasteiger partial charge in [-0.15, -0.1) is 0 Å². The number of carboxylic acid groups (broad SMARTS) is 1. The lowest BCUT2D eigenvalue weighted by atomic mass is 10.1. The van der Waals surface area contributed by atoms with Crippen LogP contribution in [0, 0.1) is 5.92 Å². The highest BCUT2D eigenvalue weighted by Gasteiger charge is 2.36. The molecule has 2 heterocycles. The van der Waals surface area contributed by atoms with E-state index >= 15 is 0 Å². The number of halogens is 3. The molecular weight excluding hydrogens is 453 g/mol. The van der Waals surface area contributed by atoms with Gasteiger partial charge in [0.15, 0.2) is 0 Å². The van der Waals surface area contributed by atoms with Crippen molar-refractivity contribution in [2.24, 2.45) is 5.92 Å². The summed E-state index contributed by atoms with van der Waals surface area (Å²) in [5, 5.41) is 14.1. The van der Waals surface area contributed by atoms with Gasteiger partial charge < -0.3 is 14.8 Å². The van der Waals surface area contributed by atoms with Crippen molar-refractivity contribution in [3.63, 3.8) is 0 Å². The molecule has 0 atom stereocenters. The smallest absolute Gasteiger partial charge is 0.420 e. The van der Waals surface area contributed by atoms with Crippen LogP contribution in [-0.2, 0) is 23.9 Å². The second kappa shape index (κ2) is 8.15. The fourth-order valence-corrected chi connectivity index (χ4v) is 3.84. The van der Waals surface area contributed by atoms with Crippen LogP contribution in [0.3, 0.4) is 0 Å². The standard InChI is InChI=1S/C23H19F3N4O4/c24-23(25,26)15-7-17-18(8-19(15)34-11-12-5-6-12)28-20(27-17)9-16-13-3-1-2-4-14(13)22(33)30(29-16)10-21(31)32/h1-4,7-8,12H,5-6,9-11H2,(H,27,28)(H,31,32). The molecule has 0 unspecified atom stereocenters. The molecule has 5 rings (SSSR count). The number of nitrogens with zero attached hydrogens (tertiary/aromatic N) is 3. The maximum absolute atomic E-state index is 13.6. The van der Waals surface area contributed by atoms with Crippen LogP contribution in [0.5, 0.6) is 5.75 Å². The Balaban J connectivity index is 1.55. The Hall–Kier alpha value is -3.89. The lowest BCUT2D eigenvalue weighted by Crippen LogP contribution is -2.28. The first-order chi connectivity index (χ1) is 16.2.